The number of aryl methyl sites for hydroxylation is 2. The van der Waals surface area contributed by atoms with E-state index in [0.29, 0.717) is 29.7 Å². The smallest absolute Gasteiger partial charge is 0.339 e. The summed E-state index contributed by atoms with van der Waals surface area (Å²) < 4.78 is 15.9. The zero-order valence-corrected chi connectivity index (χ0v) is 16.0. The van der Waals surface area contributed by atoms with Gasteiger partial charge in [0.05, 0.1) is 13.0 Å². The van der Waals surface area contributed by atoms with E-state index in [0.717, 1.165) is 35.8 Å². The van der Waals surface area contributed by atoms with Gasteiger partial charge in [0.2, 0.25) is 0 Å². The lowest BCUT2D eigenvalue weighted by Gasteiger charge is -2.33. The third kappa shape index (κ3) is 3.25. The summed E-state index contributed by atoms with van der Waals surface area (Å²) >= 11 is 0. The minimum Gasteiger partial charge on any atom is -0.483 e. The maximum Gasteiger partial charge on any atom is 0.339 e. The van der Waals surface area contributed by atoms with Gasteiger partial charge in [-0.2, -0.15) is 0 Å². The summed E-state index contributed by atoms with van der Waals surface area (Å²) in [6.07, 6.45) is 3.79. The Bertz CT molecular complexity index is 1000. The molecule has 4 rings (SSSR count). The Hall–Kier alpha value is -2.83. The molecule has 1 saturated carbocycles. The van der Waals surface area contributed by atoms with Gasteiger partial charge in [0.15, 0.2) is 6.61 Å². The highest BCUT2D eigenvalue weighted by molar-refractivity contribution is 5.86. The number of amides is 1. The summed E-state index contributed by atoms with van der Waals surface area (Å²) in [7, 11) is 1.37. The SMILES string of the molecule is COC(=O)C1CC(NC(=O)COc2ccc3c4c(c(=O)oc3c2C)CCC4)C1. The number of rotatable bonds is 5. The molecular weight excluding hydrogens is 362 g/mol. The van der Waals surface area contributed by atoms with Gasteiger partial charge in [0.1, 0.15) is 11.3 Å². The molecule has 1 fully saturated rings. The standard InChI is InChI=1S/C21H23NO6/c1-11-17(27-10-18(23)22-13-8-12(9-13)20(24)26-2)7-6-15-14-4-3-5-16(14)21(25)28-19(11)15/h6-7,12-13H,3-5,8-10H2,1-2H3,(H,22,23). The van der Waals surface area contributed by atoms with E-state index in [1.807, 2.05) is 19.1 Å². The minimum atomic E-state index is -0.275. The van der Waals surface area contributed by atoms with E-state index in [-0.39, 0.29) is 36.1 Å². The highest BCUT2D eigenvalue weighted by Gasteiger charge is 2.36. The Morgan fingerprint density at radius 3 is 2.71 bits per heavy atom. The first kappa shape index (κ1) is 18.5. The van der Waals surface area contributed by atoms with Crippen LogP contribution in [0, 0.1) is 12.8 Å². The van der Waals surface area contributed by atoms with Gasteiger partial charge in [0.25, 0.3) is 5.91 Å². The molecule has 2 aromatic rings. The van der Waals surface area contributed by atoms with E-state index < -0.39 is 0 Å². The van der Waals surface area contributed by atoms with Crippen LogP contribution in [0.15, 0.2) is 21.3 Å². The van der Waals surface area contributed by atoms with E-state index in [9.17, 15) is 14.4 Å². The molecule has 0 atom stereocenters. The molecule has 0 saturated heterocycles. The molecule has 0 aliphatic heterocycles. The highest BCUT2D eigenvalue weighted by atomic mass is 16.5. The number of esters is 1. The normalized spacial score (nSPS) is 20.4. The number of nitrogens with one attached hydrogen (secondary N) is 1. The predicted molar refractivity (Wildman–Crippen MR) is 101 cm³/mol. The number of methoxy groups -OCH3 is 1. The largest absolute Gasteiger partial charge is 0.483 e. The molecule has 7 heteroatoms. The fourth-order valence-corrected chi connectivity index (χ4v) is 4.13. The molecule has 0 bridgehead atoms. The lowest BCUT2D eigenvalue weighted by Crippen LogP contribution is -2.48. The van der Waals surface area contributed by atoms with Gasteiger partial charge in [-0.25, -0.2) is 4.79 Å². The third-order valence-electron chi connectivity index (χ3n) is 5.74. The predicted octanol–water partition coefficient (Wildman–Crippen LogP) is 2.04. The van der Waals surface area contributed by atoms with Crippen molar-refractivity contribution in [2.45, 2.75) is 45.1 Å². The summed E-state index contributed by atoms with van der Waals surface area (Å²) in [4.78, 5) is 35.7. The Morgan fingerprint density at radius 1 is 1.21 bits per heavy atom. The lowest BCUT2D eigenvalue weighted by molar-refractivity contribution is -0.149. The molecule has 1 aromatic heterocycles. The van der Waals surface area contributed by atoms with Crippen LogP contribution < -0.4 is 15.7 Å². The highest BCUT2D eigenvalue weighted by Crippen LogP contribution is 2.33. The van der Waals surface area contributed by atoms with E-state index in [4.69, 9.17) is 9.15 Å². The van der Waals surface area contributed by atoms with Crippen molar-refractivity contribution in [2.75, 3.05) is 13.7 Å². The summed E-state index contributed by atoms with van der Waals surface area (Å²) in [6.45, 7) is 1.69. The van der Waals surface area contributed by atoms with Gasteiger partial charge < -0.3 is 19.2 Å². The number of ether oxygens (including phenoxy) is 2. The fourth-order valence-electron chi connectivity index (χ4n) is 4.13. The van der Waals surface area contributed by atoms with Crippen LogP contribution in [0.2, 0.25) is 0 Å². The van der Waals surface area contributed by atoms with Crippen LogP contribution >= 0.6 is 0 Å². The topological polar surface area (TPSA) is 94.8 Å². The molecule has 148 valence electrons. The van der Waals surface area contributed by atoms with Gasteiger partial charge >= 0.3 is 11.6 Å². The average molecular weight is 385 g/mol. The first-order valence-electron chi connectivity index (χ1n) is 9.56. The molecular formula is C21H23NO6. The van der Waals surface area contributed by atoms with Gasteiger partial charge in [-0.15, -0.1) is 0 Å². The molecule has 0 unspecified atom stereocenters. The minimum absolute atomic E-state index is 0.0292. The summed E-state index contributed by atoms with van der Waals surface area (Å²) in [5.74, 6) is -0.0990. The van der Waals surface area contributed by atoms with Crippen molar-refractivity contribution >= 4 is 22.8 Å². The maximum atomic E-state index is 12.2. The summed E-state index contributed by atoms with van der Waals surface area (Å²) in [5, 5.41) is 3.80. The summed E-state index contributed by atoms with van der Waals surface area (Å²) in [6, 6.07) is 3.69. The number of hydrogen-bond donors (Lipinski definition) is 1. The van der Waals surface area contributed by atoms with Crippen molar-refractivity contribution in [3.63, 3.8) is 0 Å². The van der Waals surface area contributed by atoms with Crippen LogP contribution in [0.5, 0.6) is 5.75 Å². The van der Waals surface area contributed by atoms with Gasteiger partial charge in [-0.1, -0.05) is 0 Å². The maximum absolute atomic E-state index is 12.2. The van der Waals surface area contributed by atoms with E-state index in [1.165, 1.54) is 7.11 Å². The first-order valence-corrected chi connectivity index (χ1v) is 9.56. The number of carbonyl (C=O) groups excluding carboxylic acids is 2. The lowest BCUT2D eigenvalue weighted by atomic mass is 9.80. The van der Waals surface area contributed by atoms with Gasteiger partial charge in [-0.3, -0.25) is 9.59 Å². The molecule has 1 heterocycles. The number of carbonyl (C=O) groups is 2. The number of benzene rings is 1. The van der Waals surface area contributed by atoms with E-state index >= 15 is 0 Å². The third-order valence-corrected chi connectivity index (χ3v) is 5.74. The Balaban J connectivity index is 1.41. The quantitative estimate of drug-likeness (QED) is 0.625. The van der Waals surface area contributed by atoms with Crippen LogP contribution in [0.3, 0.4) is 0 Å². The van der Waals surface area contributed by atoms with Crippen molar-refractivity contribution in [2.24, 2.45) is 5.92 Å². The molecule has 2 aliphatic carbocycles. The Kier molecular flexibility index (Phi) is 4.83. The van der Waals surface area contributed by atoms with Gasteiger partial charge in [-0.05, 0) is 56.7 Å². The van der Waals surface area contributed by atoms with Crippen molar-refractivity contribution in [3.05, 3.63) is 39.2 Å². The van der Waals surface area contributed by atoms with E-state index in [1.54, 1.807) is 0 Å². The number of fused-ring (bicyclic) bond motifs is 3. The molecule has 1 N–H and O–H groups in total. The molecule has 7 nitrogen and oxygen atoms in total. The van der Waals surface area contributed by atoms with Crippen molar-refractivity contribution in [1.29, 1.82) is 0 Å². The van der Waals surface area contributed by atoms with Crippen molar-refractivity contribution < 1.29 is 23.5 Å². The fraction of sp³-hybridized carbons (Fsp3) is 0.476. The average Bonchev–Trinajstić information content (AvgIpc) is 3.14. The second-order valence-electron chi connectivity index (χ2n) is 7.51. The zero-order chi connectivity index (χ0) is 19.8. The van der Waals surface area contributed by atoms with Crippen LogP contribution in [0.4, 0.5) is 0 Å². The Labute approximate surface area is 162 Å². The molecule has 0 radical (unpaired) electrons. The monoisotopic (exact) mass is 385 g/mol. The van der Waals surface area contributed by atoms with Crippen LogP contribution in [0.1, 0.15) is 36.0 Å². The van der Waals surface area contributed by atoms with Gasteiger partial charge in [0, 0.05) is 22.6 Å². The molecule has 0 spiro atoms. The Morgan fingerprint density at radius 2 is 1.96 bits per heavy atom. The summed E-state index contributed by atoms with van der Waals surface area (Å²) in [5.41, 5.74) is 2.83. The van der Waals surface area contributed by atoms with Crippen LogP contribution in [0.25, 0.3) is 11.0 Å². The van der Waals surface area contributed by atoms with E-state index in [2.05, 4.69) is 10.1 Å². The first-order chi connectivity index (χ1) is 13.5. The molecule has 1 aromatic carbocycles. The second-order valence-corrected chi connectivity index (χ2v) is 7.51. The van der Waals surface area contributed by atoms with Crippen LogP contribution in [-0.4, -0.2) is 31.6 Å². The van der Waals surface area contributed by atoms with Crippen LogP contribution in [-0.2, 0) is 27.2 Å². The van der Waals surface area contributed by atoms with Crippen molar-refractivity contribution in [1.82, 2.24) is 5.32 Å². The van der Waals surface area contributed by atoms with Crippen molar-refractivity contribution in [3.8, 4) is 5.75 Å². The number of hydrogen-bond acceptors (Lipinski definition) is 6. The second kappa shape index (κ2) is 7.30. The molecule has 2 aliphatic rings. The molecule has 1 amide bonds. The zero-order valence-electron chi connectivity index (χ0n) is 16.0. The molecule has 28 heavy (non-hydrogen) atoms.